The van der Waals surface area contributed by atoms with Crippen LogP contribution >= 0.6 is 0 Å². The average Bonchev–Trinajstić information content (AvgIpc) is 2.91. The van der Waals surface area contributed by atoms with Crippen molar-refractivity contribution in [1.82, 2.24) is 10.6 Å². The van der Waals surface area contributed by atoms with Crippen LogP contribution in [0.25, 0.3) is 0 Å². The second-order valence-corrected chi connectivity index (χ2v) is 8.14. The fraction of sp³-hybridized carbons (Fsp3) is 0.133. The van der Waals surface area contributed by atoms with Gasteiger partial charge in [-0.25, -0.2) is 0 Å². The van der Waals surface area contributed by atoms with Gasteiger partial charge in [0, 0.05) is 12.8 Å². The Hall–Kier alpha value is -4.18. The van der Waals surface area contributed by atoms with Crippen LogP contribution in [0.4, 0.5) is 0 Å². The van der Waals surface area contributed by atoms with Gasteiger partial charge in [0.25, 0.3) is 0 Å². The summed E-state index contributed by atoms with van der Waals surface area (Å²) in [6.45, 7) is 0. The quantitative estimate of drug-likeness (QED) is 0.351. The maximum atomic E-state index is 12.8. The van der Waals surface area contributed by atoms with Crippen molar-refractivity contribution in [2.24, 2.45) is 0 Å². The number of hydrogen-bond acceptors (Lipinski definition) is 2. The lowest BCUT2D eigenvalue weighted by Crippen LogP contribution is -2.32. The molecule has 4 heteroatoms. The van der Waals surface area contributed by atoms with E-state index in [9.17, 15) is 9.59 Å². The predicted molar refractivity (Wildman–Crippen MR) is 135 cm³/mol. The van der Waals surface area contributed by atoms with Crippen LogP contribution in [-0.4, -0.2) is 11.8 Å². The van der Waals surface area contributed by atoms with Gasteiger partial charge >= 0.3 is 0 Å². The van der Waals surface area contributed by atoms with Gasteiger partial charge in [0.2, 0.25) is 11.8 Å². The summed E-state index contributed by atoms with van der Waals surface area (Å²) in [5.41, 5.74) is 4.00. The summed E-state index contributed by atoms with van der Waals surface area (Å²) >= 11 is 0. The molecule has 0 spiro atoms. The molecule has 0 bridgehead atoms. The second kappa shape index (κ2) is 11.6. The van der Waals surface area contributed by atoms with Gasteiger partial charge in [-0.2, -0.15) is 0 Å². The van der Waals surface area contributed by atoms with E-state index >= 15 is 0 Å². The van der Waals surface area contributed by atoms with Gasteiger partial charge in [-0.1, -0.05) is 121 Å². The molecule has 0 aliphatic heterocycles. The molecule has 0 fully saturated rings. The van der Waals surface area contributed by atoms with E-state index in [4.69, 9.17) is 0 Å². The maximum Gasteiger partial charge on any atom is 0.221 e. The molecule has 4 nitrogen and oxygen atoms in total. The van der Waals surface area contributed by atoms with E-state index in [2.05, 4.69) is 10.6 Å². The molecule has 0 aromatic heterocycles. The van der Waals surface area contributed by atoms with Crippen LogP contribution in [0.3, 0.4) is 0 Å². The average molecular weight is 449 g/mol. The molecule has 0 aliphatic rings. The minimum Gasteiger partial charge on any atom is -0.345 e. The Labute approximate surface area is 200 Å². The number of rotatable bonds is 9. The summed E-state index contributed by atoms with van der Waals surface area (Å²) < 4.78 is 0. The Morgan fingerprint density at radius 1 is 0.441 bits per heavy atom. The molecule has 0 atom stereocenters. The maximum absolute atomic E-state index is 12.8. The molecule has 4 rings (SSSR count). The van der Waals surface area contributed by atoms with Gasteiger partial charge in [0.15, 0.2) is 0 Å². The van der Waals surface area contributed by atoms with E-state index in [1.807, 2.05) is 121 Å². The van der Waals surface area contributed by atoms with E-state index < -0.39 is 0 Å². The third kappa shape index (κ3) is 6.20. The molecule has 170 valence electrons. The molecule has 2 N–H and O–H groups in total. The highest BCUT2D eigenvalue weighted by atomic mass is 16.2. The standard InChI is InChI=1S/C30H28N2O2/c33-27(31-29(23-13-5-1-6-14-23)24-15-7-2-8-16-24)21-22-28(34)32-30(25-17-9-3-10-18-25)26-19-11-4-12-20-26/h1-20,29-30H,21-22H2,(H,31,33)(H,32,34). The molecule has 0 unspecified atom stereocenters. The van der Waals surface area contributed by atoms with E-state index in [1.54, 1.807) is 0 Å². The van der Waals surface area contributed by atoms with E-state index in [1.165, 1.54) is 0 Å². The lowest BCUT2D eigenvalue weighted by Gasteiger charge is -2.21. The van der Waals surface area contributed by atoms with Gasteiger partial charge in [0.05, 0.1) is 12.1 Å². The fourth-order valence-electron chi connectivity index (χ4n) is 3.99. The van der Waals surface area contributed by atoms with Crippen molar-refractivity contribution >= 4 is 11.8 Å². The summed E-state index contributed by atoms with van der Waals surface area (Å²) in [5, 5.41) is 6.21. The van der Waals surface area contributed by atoms with Crippen LogP contribution in [0.1, 0.15) is 47.2 Å². The highest BCUT2D eigenvalue weighted by Gasteiger charge is 2.19. The smallest absolute Gasteiger partial charge is 0.221 e. The first-order valence-corrected chi connectivity index (χ1v) is 11.5. The Balaban J connectivity index is 1.41. The van der Waals surface area contributed by atoms with Crippen molar-refractivity contribution in [3.8, 4) is 0 Å². The zero-order valence-corrected chi connectivity index (χ0v) is 18.9. The molecule has 2 amide bonds. The number of nitrogens with one attached hydrogen (secondary N) is 2. The van der Waals surface area contributed by atoms with Crippen molar-refractivity contribution in [2.75, 3.05) is 0 Å². The first kappa shape index (κ1) is 23.0. The molecule has 0 radical (unpaired) electrons. The molecule has 4 aromatic rings. The number of benzene rings is 4. The van der Waals surface area contributed by atoms with Gasteiger partial charge in [-0.05, 0) is 22.3 Å². The van der Waals surface area contributed by atoms with Crippen molar-refractivity contribution < 1.29 is 9.59 Å². The van der Waals surface area contributed by atoms with Crippen LogP contribution in [0.5, 0.6) is 0 Å². The lowest BCUT2D eigenvalue weighted by atomic mass is 9.98. The molecule has 0 saturated carbocycles. The van der Waals surface area contributed by atoms with Crippen LogP contribution in [0, 0.1) is 0 Å². The lowest BCUT2D eigenvalue weighted by molar-refractivity contribution is -0.127. The van der Waals surface area contributed by atoms with Crippen molar-refractivity contribution in [2.45, 2.75) is 24.9 Å². The minimum atomic E-state index is -0.264. The Kier molecular flexibility index (Phi) is 7.86. The molecule has 0 heterocycles. The van der Waals surface area contributed by atoms with E-state index in [0.717, 1.165) is 22.3 Å². The fourth-order valence-corrected chi connectivity index (χ4v) is 3.99. The van der Waals surface area contributed by atoms with Gasteiger partial charge in [0.1, 0.15) is 0 Å². The first-order chi connectivity index (χ1) is 16.7. The zero-order chi connectivity index (χ0) is 23.6. The summed E-state index contributed by atoms with van der Waals surface area (Å²) in [7, 11) is 0. The van der Waals surface area contributed by atoms with Crippen molar-refractivity contribution in [3.05, 3.63) is 144 Å². The van der Waals surface area contributed by atoms with Crippen LogP contribution in [0.15, 0.2) is 121 Å². The Bertz CT molecular complexity index is 1000. The largest absolute Gasteiger partial charge is 0.345 e. The Morgan fingerprint density at radius 2 is 0.676 bits per heavy atom. The Morgan fingerprint density at radius 3 is 0.912 bits per heavy atom. The molecular weight excluding hydrogens is 420 g/mol. The summed E-state index contributed by atoms with van der Waals surface area (Å²) in [6.07, 6.45) is 0.219. The minimum absolute atomic E-state index is 0.109. The second-order valence-electron chi connectivity index (χ2n) is 8.14. The molecule has 34 heavy (non-hydrogen) atoms. The SMILES string of the molecule is O=C(CCC(=O)NC(c1ccccc1)c1ccccc1)NC(c1ccccc1)c1ccccc1. The third-order valence-electron chi connectivity index (χ3n) is 5.72. The van der Waals surface area contributed by atoms with Crippen molar-refractivity contribution in [1.29, 1.82) is 0 Å². The molecule has 0 aliphatic carbocycles. The van der Waals surface area contributed by atoms with Gasteiger partial charge in [-0.3, -0.25) is 9.59 Å². The highest BCUT2D eigenvalue weighted by Crippen LogP contribution is 2.23. The highest BCUT2D eigenvalue weighted by molar-refractivity contribution is 5.84. The van der Waals surface area contributed by atoms with Crippen molar-refractivity contribution in [3.63, 3.8) is 0 Å². The van der Waals surface area contributed by atoms with Crippen LogP contribution in [0.2, 0.25) is 0 Å². The molecular formula is C30H28N2O2. The van der Waals surface area contributed by atoms with Crippen LogP contribution < -0.4 is 10.6 Å². The predicted octanol–water partition coefficient (Wildman–Crippen LogP) is 5.58. The molecule has 4 aromatic carbocycles. The topological polar surface area (TPSA) is 58.2 Å². The van der Waals surface area contributed by atoms with E-state index in [-0.39, 0.29) is 36.7 Å². The number of hydrogen-bond donors (Lipinski definition) is 2. The summed E-state index contributed by atoms with van der Waals surface area (Å²) in [6, 6.07) is 38.9. The van der Waals surface area contributed by atoms with Crippen LogP contribution in [-0.2, 0) is 9.59 Å². The number of amides is 2. The number of carbonyl (C=O) groups excluding carboxylic acids is 2. The third-order valence-corrected chi connectivity index (χ3v) is 5.72. The summed E-state index contributed by atoms with van der Waals surface area (Å²) in [4.78, 5) is 25.7. The molecule has 0 saturated heterocycles. The summed E-state index contributed by atoms with van der Waals surface area (Å²) in [5.74, 6) is -0.326. The van der Waals surface area contributed by atoms with E-state index in [0.29, 0.717) is 0 Å². The van der Waals surface area contributed by atoms with Gasteiger partial charge in [-0.15, -0.1) is 0 Å². The number of carbonyl (C=O) groups is 2. The first-order valence-electron chi connectivity index (χ1n) is 11.5. The monoisotopic (exact) mass is 448 g/mol. The normalized spacial score (nSPS) is 10.8. The zero-order valence-electron chi connectivity index (χ0n) is 18.9. The van der Waals surface area contributed by atoms with Gasteiger partial charge < -0.3 is 10.6 Å².